The van der Waals surface area contributed by atoms with Gasteiger partial charge in [-0.25, -0.2) is 13.6 Å². The van der Waals surface area contributed by atoms with Gasteiger partial charge in [-0.1, -0.05) is 0 Å². The Morgan fingerprint density at radius 1 is 1.38 bits per heavy atom. The van der Waals surface area contributed by atoms with Crippen molar-refractivity contribution in [3.63, 3.8) is 0 Å². The number of carboxylic acids is 1. The smallest absolute Gasteiger partial charge is 0.326 e. The highest BCUT2D eigenvalue weighted by atomic mass is 19.3. The van der Waals surface area contributed by atoms with Gasteiger partial charge in [-0.05, 0) is 18.8 Å². The zero-order chi connectivity index (χ0) is 12.1. The highest BCUT2D eigenvalue weighted by Crippen LogP contribution is 2.66. The zero-order valence-electron chi connectivity index (χ0n) is 8.74. The summed E-state index contributed by atoms with van der Waals surface area (Å²) in [6.45, 7) is 1.22. The van der Waals surface area contributed by atoms with Crippen LogP contribution in [-0.4, -0.2) is 28.9 Å². The predicted molar refractivity (Wildman–Crippen MR) is 49.9 cm³/mol. The first kappa shape index (κ1) is 11.3. The number of carbonyl (C=O) groups is 2. The van der Waals surface area contributed by atoms with Crippen molar-refractivity contribution in [1.82, 2.24) is 5.32 Å². The maximum atomic E-state index is 12.9. The van der Waals surface area contributed by atoms with E-state index in [1.807, 2.05) is 0 Å². The molecule has 2 saturated carbocycles. The molecule has 0 aliphatic heterocycles. The minimum Gasteiger partial charge on any atom is -0.480 e. The molecule has 4 atom stereocenters. The molecule has 16 heavy (non-hydrogen) atoms. The fraction of sp³-hybridized carbons (Fsp3) is 0.800. The maximum absolute atomic E-state index is 12.9. The van der Waals surface area contributed by atoms with Crippen LogP contribution in [-0.2, 0) is 9.59 Å². The number of alkyl halides is 2. The first-order valence-corrected chi connectivity index (χ1v) is 5.21. The molecule has 0 saturated heterocycles. The standard InChI is InChI=1S/C10H13F2NO3/c1-4(14)13-8(9(15)16)5-2-6-7(3-5)10(6,11)12/h5-8H,2-3H2,1H3,(H,13,14)(H,15,16)/t5?,6-,7+,8?. The molecule has 0 spiro atoms. The largest absolute Gasteiger partial charge is 0.480 e. The van der Waals surface area contributed by atoms with Gasteiger partial charge >= 0.3 is 5.97 Å². The Bertz CT molecular complexity index is 331. The monoisotopic (exact) mass is 233 g/mol. The van der Waals surface area contributed by atoms with E-state index >= 15 is 0 Å². The van der Waals surface area contributed by atoms with Crippen molar-refractivity contribution in [3.8, 4) is 0 Å². The van der Waals surface area contributed by atoms with Crippen LogP contribution in [0, 0.1) is 17.8 Å². The van der Waals surface area contributed by atoms with Crippen LogP contribution < -0.4 is 5.32 Å². The van der Waals surface area contributed by atoms with Crippen molar-refractivity contribution in [2.24, 2.45) is 17.8 Å². The summed E-state index contributed by atoms with van der Waals surface area (Å²) >= 11 is 0. The lowest BCUT2D eigenvalue weighted by molar-refractivity contribution is -0.143. The van der Waals surface area contributed by atoms with Gasteiger partial charge in [0.2, 0.25) is 5.91 Å². The van der Waals surface area contributed by atoms with E-state index in [9.17, 15) is 18.4 Å². The number of rotatable bonds is 3. The fourth-order valence-electron chi connectivity index (χ4n) is 2.72. The normalized spacial score (nSPS) is 36.3. The van der Waals surface area contributed by atoms with E-state index in [0.29, 0.717) is 0 Å². The molecule has 2 rings (SSSR count). The molecular formula is C10H13F2NO3. The van der Waals surface area contributed by atoms with Crippen LogP contribution in [0.5, 0.6) is 0 Å². The van der Waals surface area contributed by atoms with Gasteiger partial charge in [0, 0.05) is 18.8 Å². The highest BCUT2D eigenvalue weighted by Gasteiger charge is 2.72. The summed E-state index contributed by atoms with van der Waals surface area (Å²) in [6, 6.07) is -1.03. The molecule has 0 aromatic rings. The molecule has 2 unspecified atom stereocenters. The summed E-state index contributed by atoms with van der Waals surface area (Å²) in [4.78, 5) is 21.7. The second-order valence-corrected chi connectivity index (χ2v) is 4.64. The Kier molecular flexibility index (Phi) is 2.40. The summed E-state index contributed by atoms with van der Waals surface area (Å²) in [7, 11) is 0. The van der Waals surface area contributed by atoms with Crippen molar-refractivity contribution in [1.29, 1.82) is 0 Å². The second kappa shape index (κ2) is 3.40. The average Bonchev–Trinajstić information content (AvgIpc) is 2.59. The van der Waals surface area contributed by atoms with E-state index in [1.165, 1.54) is 6.92 Å². The van der Waals surface area contributed by atoms with Gasteiger partial charge in [-0.2, -0.15) is 0 Å². The number of aliphatic carboxylic acids is 1. The molecule has 0 heterocycles. The predicted octanol–water partition coefficient (Wildman–Crippen LogP) is 0.867. The van der Waals surface area contributed by atoms with Crippen LogP contribution >= 0.6 is 0 Å². The van der Waals surface area contributed by atoms with E-state index in [-0.39, 0.29) is 18.8 Å². The van der Waals surface area contributed by atoms with E-state index in [0.717, 1.165) is 0 Å². The Labute approximate surface area is 91.0 Å². The lowest BCUT2D eigenvalue weighted by Gasteiger charge is -2.22. The van der Waals surface area contributed by atoms with Gasteiger partial charge in [0.1, 0.15) is 6.04 Å². The van der Waals surface area contributed by atoms with Crippen LogP contribution in [0.4, 0.5) is 8.78 Å². The summed E-state index contributed by atoms with van der Waals surface area (Å²) in [5.41, 5.74) is 0. The molecule has 6 heteroatoms. The van der Waals surface area contributed by atoms with E-state index in [1.54, 1.807) is 0 Å². The van der Waals surface area contributed by atoms with Crippen molar-refractivity contribution in [2.75, 3.05) is 0 Å². The highest BCUT2D eigenvalue weighted by molar-refractivity contribution is 5.82. The quantitative estimate of drug-likeness (QED) is 0.760. The van der Waals surface area contributed by atoms with E-state index < -0.39 is 35.7 Å². The molecule has 2 aliphatic carbocycles. The number of amides is 1. The van der Waals surface area contributed by atoms with Crippen molar-refractivity contribution in [3.05, 3.63) is 0 Å². The summed E-state index contributed by atoms with van der Waals surface area (Å²) in [5.74, 6) is -5.91. The number of halogens is 2. The number of hydrogen-bond acceptors (Lipinski definition) is 2. The van der Waals surface area contributed by atoms with Gasteiger partial charge in [-0.15, -0.1) is 0 Å². The Balaban J connectivity index is 1.98. The summed E-state index contributed by atoms with van der Waals surface area (Å²) < 4.78 is 25.8. The Morgan fingerprint density at radius 2 is 1.88 bits per heavy atom. The third-order valence-corrected chi connectivity index (χ3v) is 3.57. The van der Waals surface area contributed by atoms with Gasteiger partial charge in [0.15, 0.2) is 0 Å². The summed E-state index contributed by atoms with van der Waals surface area (Å²) in [6.07, 6.45) is 0.379. The minimum absolute atomic E-state index is 0.189. The van der Waals surface area contributed by atoms with Gasteiger partial charge in [0.05, 0.1) is 0 Å². The first-order chi connectivity index (χ1) is 7.34. The topological polar surface area (TPSA) is 66.4 Å². The number of hydrogen-bond donors (Lipinski definition) is 2. The van der Waals surface area contributed by atoms with E-state index in [2.05, 4.69) is 5.32 Å². The van der Waals surface area contributed by atoms with Crippen LogP contribution in [0.3, 0.4) is 0 Å². The zero-order valence-corrected chi connectivity index (χ0v) is 8.74. The third kappa shape index (κ3) is 1.66. The van der Waals surface area contributed by atoms with Crippen LogP contribution in [0.25, 0.3) is 0 Å². The number of carbonyl (C=O) groups excluding carboxylic acids is 1. The van der Waals surface area contributed by atoms with Crippen molar-refractivity contribution < 1.29 is 23.5 Å². The molecule has 0 aromatic heterocycles. The molecule has 0 aromatic carbocycles. The molecule has 2 aliphatic rings. The van der Waals surface area contributed by atoms with Crippen LogP contribution in [0.15, 0.2) is 0 Å². The van der Waals surface area contributed by atoms with Crippen molar-refractivity contribution >= 4 is 11.9 Å². The van der Waals surface area contributed by atoms with Gasteiger partial charge < -0.3 is 10.4 Å². The molecule has 2 N–H and O–H groups in total. The average molecular weight is 233 g/mol. The van der Waals surface area contributed by atoms with Crippen LogP contribution in [0.2, 0.25) is 0 Å². The fourth-order valence-corrected chi connectivity index (χ4v) is 2.72. The Hall–Kier alpha value is -1.20. The molecule has 0 bridgehead atoms. The molecule has 1 amide bonds. The van der Waals surface area contributed by atoms with Crippen molar-refractivity contribution in [2.45, 2.75) is 31.7 Å². The van der Waals surface area contributed by atoms with Crippen LogP contribution in [0.1, 0.15) is 19.8 Å². The second-order valence-electron chi connectivity index (χ2n) is 4.64. The van der Waals surface area contributed by atoms with Gasteiger partial charge in [0.25, 0.3) is 5.92 Å². The molecule has 4 nitrogen and oxygen atoms in total. The molecule has 0 radical (unpaired) electrons. The lowest BCUT2D eigenvalue weighted by Crippen LogP contribution is -2.45. The third-order valence-electron chi connectivity index (χ3n) is 3.57. The summed E-state index contributed by atoms with van der Waals surface area (Å²) in [5, 5.41) is 11.2. The molecule has 2 fully saturated rings. The molecule has 90 valence electrons. The molecular weight excluding hydrogens is 220 g/mol. The lowest BCUT2D eigenvalue weighted by atomic mass is 9.94. The number of carboxylic acid groups (broad SMARTS) is 1. The Morgan fingerprint density at radius 3 is 2.25 bits per heavy atom. The maximum Gasteiger partial charge on any atom is 0.326 e. The number of nitrogens with one attached hydrogen (secondary N) is 1. The van der Waals surface area contributed by atoms with E-state index in [4.69, 9.17) is 5.11 Å². The van der Waals surface area contributed by atoms with Gasteiger partial charge in [-0.3, -0.25) is 4.79 Å². The minimum atomic E-state index is -2.60. The SMILES string of the molecule is CC(=O)NC(C(=O)O)C1C[C@@H]2[C@H](C1)C2(F)F. The first-order valence-electron chi connectivity index (χ1n) is 5.21. The number of fused-ring (bicyclic) bond motifs is 1.